The number of carbonyl (C=O) groups excluding carboxylic acids is 2. The van der Waals surface area contributed by atoms with E-state index in [9.17, 15) is 23.2 Å². The zero-order chi connectivity index (χ0) is 26.4. The second-order valence-corrected chi connectivity index (χ2v) is 11.7. The van der Waals surface area contributed by atoms with E-state index in [4.69, 9.17) is 4.74 Å². The van der Waals surface area contributed by atoms with Crippen molar-refractivity contribution in [1.82, 2.24) is 20.1 Å². The summed E-state index contributed by atoms with van der Waals surface area (Å²) in [7, 11) is -4.08. The van der Waals surface area contributed by atoms with Crippen LogP contribution in [-0.4, -0.2) is 54.0 Å². The van der Waals surface area contributed by atoms with Crippen molar-refractivity contribution >= 4 is 32.7 Å². The summed E-state index contributed by atoms with van der Waals surface area (Å²) in [6.45, 7) is 4.59. The Morgan fingerprint density at radius 2 is 1.78 bits per heavy atom. The first kappa shape index (κ1) is 25.1. The van der Waals surface area contributed by atoms with Crippen molar-refractivity contribution in [1.29, 1.82) is 0 Å². The molecule has 10 nitrogen and oxygen atoms in total. The molecule has 3 aromatic rings. The molecule has 1 spiro atoms. The van der Waals surface area contributed by atoms with E-state index in [0.717, 1.165) is 22.2 Å². The summed E-state index contributed by atoms with van der Waals surface area (Å²) in [4.78, 5) is 30.1. The molecule has 2 amide bonds. The Bertz CT molecular complexity index is 1470. The highest BCUT2D eigenvalue weighted by atomic mass is 32.2. The Morgan fingerprint density at radius 3 is 2.43 bits per heavy atom. The molecule has 5 rings (SSSR count). The van der Waals surface area contributed by atoms with Crippen LogP contribution in [0, 0.1) is 12.3 Å². The van der Waals surface area contributed by atoms with Crippen molar-refractivity contribution in [2.24, 2.45) is 5.41 Å². The number of benzene rings is 2. The van der Waals surface area contributed by atoms with Gasteiger partial charge < -0.3 is 9.64 Å². The molecule has 3 N–H and O–H groups in total. The molecule has 1 aliphatic carbocycles. The zero-order valence-corrected chi connectivity index (χ0v) is 21.3. The minimum absolute atomic E-state index is 0.0323. The first-order valence-corrected chi connectivity index (χ1v) is 13.4. The number of nitrogens with zero attached hydrogens (tertiary/aromatic N) is 2. The van der Waals surface area contributed by atoms with E-state index in [1.54, 1.807) is 22.5 Å². The Kier molecular flexibility index (Phi) is 6.17. The molecule has 37 heavy (non-hydrogen) atoms. The number of likely N-dealkylation sites (tertiary alicyclic amines) is 1. The molecule has 11 heteroatoms. The predicted octanol–water partition coefficient (Wildman–Crippen LogP) is 2.29. The van der Waals surface area contributed by atoms with Crippen molar-refractivity contribution in [3.63, 3.8) is 0 Å². The highest BCUT2D eigenvalue weighted by Gasteiger charge is 2.65. The third-order valence-corrected chi connectivity index (χ3v) is 8.73. The third-order valence-electron chi connectivity index (χ3n) is 7.18. The smallest absolute Gasteiger partial charge is 0.264 e. The fraction of sp³-hybridized carbons (Fsp3) is 0.346. The van der Waals surface area contributed by atoms with E-state index in [1.807, 2.05) is 37.3 Å². The van der Waals surface area contributed by atoms with Crippen molar-refractivity contribution < 1.29 is 28.0 Å². The largest absolute Gasteiger partial charge is 0.489 e. The number of amides is 2. The van der Waals surface area contributed by atoms with Gasteiger partial charge in [-0.25, -0.2) is 13.9 Å². The summed E-state index contributed by atoms with van der Waals surface area (Å²) in [5.74, 6) is -0.394. The van der Waals surface area contributed by atoms with Gasteiger partial charge in [0, 0.05) is 42.1 Å². The van der Waals surface area contributed by atoms with Crippen molar-refractivity contribution in [2.45, 2.75) is 43.7 Å². The summed E-state index contributed by atoms with van der Waals surface area (Å²) in [5, 5.41) is 10.2. The maximum absolute atomic E-state index is 13.1. The highest BCUT2D eigenvalue weighted by molar-refractivity contribution is 7.89. The van der Waals surface area contributed by atoms with Crippen LogP contribution in [0.25, 0.3) is 10.9 Å². The quantitative estimate of drug-likeness (QED) is 0.318. The summed E-state index contributed by atoms with van der Waals surface area (Å²) < 4.78 is 34.7. The fourth-order valence-electron chi connectivity index (χ4n) is 5.53. The molecule has 0 radical (unpaired) electrons. The van der Waals surface area contributed by atoms with Crippen molar-refractivity contribution in [3.8, 4) is 5.75 Å². The number of ether oxygens (including phenoxy) is 1. The van der Waals surface area contributed by atoms with Gasteiger partial charge in [-0.3, -0.25) is 19.8 Å². The molecule has 0 atom stereocenters. The normalized spacial score (nSPS) is 17.6. The summed E-state index contributed by atoms with van der Waals surface area (Å²) in [5.41, 5.74) is 2.50. The van der Waals surface area contributed by atoms with Crippen LogP contribution in [0.2, 0.25) is 0 Å². The minimum Gasteiger partial charge on any atom is -0.489 e. The molecule has 1 aliphatic heterocycles. The summed E-state index contributed by atoms with van der Waals surface area (Å²) in [6.07, 6.45) is 0.381. The monoisotopic (exact) mass is 524 g/mol. The standard InChI is InChI=1S/C26H28N4O6S/c1-17-11-19(22-5-3-4-6-23(22)27-17)12-36-20-7-9-21(10-8-20)37(34,35)29-26(24(32)28-33)13-25(14-26)15-30(16-25)18(2)31/h3-11,29,33H,12-16H2,1-2H3,(H,28,32). The van der Waals surface area contributed by atoms with Crippen LogP contribution in [0.5, 0.6) is 5.75 Å². The van der Waals surface area contributed by atoms with Crippen LogP contribution in [0.15, 0.2) is 59.5 Å². The molecule has 1 aromatic heterocycles. The van der Waals surface area contributed by atoms with Crippen molar-refractivity contribution in [3.05, 3.63) is 65.9 Å². The van der Waals surface area contributed by atoms with Crippen molar-refractivity contribution in [2.75, 3.05) is 13.1 Å². The first-order valence-electron chi connectivity index (χ1n) is 11.9. The van der Waals surface area contributed by atoms with E-state index in [-0.39, 0.29) is 35.7 Å². The Balaban J connectivity index is 1.27. The lowest BCUT2D eigenvalue weighted by molar-refractivity contribution is -0.167. The number of fused-ring (bicyclic) bond motifs is 1. The minimum atomic E-state index is -4.08. The number of hydrogen-bond acceptors (Lipinski definition) is 7. The number of pyridine rings is 1. The number of hydrogen-bond donors (Lipinski definition) is 3. The molecule has 2 fully saturated rings. The molecule has 2 aromatic carbocycles. The Morgan fingerprint density at radius 1 is 1.11 bits per heavy atom. The number of carbonyl (C=O) groups is 2. The molecule has 2 aliphatic rings. The van der Waals surface area contributed by atoms with Gasteiger partial charge >= 0.3 is 0 Å². The van der Waals surface area contributed by atoms with Gasteiger partial charge in [0.2, 0.25) is 15.9 Å². The Hall–Kier alpha value is -3.54. The lowest BCUT2D eigenvalue weighted by Crippen LogP contribution is -2.76. The van der Waals surface area contributed by atoms with Crippen LogP contribution in [0.4, 0.5) is 0 Å². The number of para-hydroxylation sites is 1. The van der Waals surface area contributed by atoms with Gasteiger partial charge in [-0.15, -0.1) is 0 Å². The van der Waals surface area contributed by atoms with E-state index >= 15 is 0 Å². The van der Waals surface area contributed by atoms with E-state index < -0.39 is 21.5 Å². The number of aryl methyl sites for hydroxylation is 1. The predicted molar refractivity (Wildman–Crippen MR) is 134 cm³/mol. The second-order valence-electron chi connectivity index (χ2n) is 10.1. The SMILES string of the molecule is CC(=O)N1CC2(C1)CC(NS(=O)(=O)c1ccc(OCc3cc(C)nc4ccccc34)cc1)(C(=O)NO)C2. The summed E-state index contributed by atoms with van der Waals surface area (Å²) in [6, 6.07) is 15.7. The van der Waals surface area contributed by atoms with Crippen LogP contribution >= 0.6 is 0 Å². The molecular formula is C26H28N4O6S. The van der Waals surface area contributed by atoms with Crippen LogP contribution in [0.3, 0.4) is 0 Å². The van der Waals surface area contributed by atoms with Gasteiger partial charge in [0.05, 0.1) is 10.4 Å². The lowest BCUT2D eigenvalue weighted by Gasteiger charge is -2.62. The van der Waals surface area contributed by atoms with E-state index in [1.165, 1.54) is 19.1 Å². The Labute approximate surface area is 214 Å². The zero-order valence-electron chi connectivity index (χ0n) is 20.5. The molecule has 0 bridgehead atoms. The molecule has 1 saturated heterocycles. The number of sulfonamides is 1. The molecule has 2 heterocycles. The van der Waals surface area contributed by atoms with Crippen LogP contribution in [-0.2, 0) is 26.2 Å². The maximum Gasteiger partial charge on any atom is 0.264 e. The number of nitrogens with one attached hydrogen (secondary N) is 2. The number of aromatic nitrogens is 1. The third kappa shape index (κ3) is 4.65. The number of hydroxylamine groups is 1. The molecular weight excluding hydrogens is 496 g/mol. The van der Waals surface area contributed by atoms with Crippen LogP contribution in [0.1, 0.15) is 31.0 Å². The van der Waals surface area contributed by atoms with Crippen LogP contribution < -0.4 is 14.9 Å². The summed E-state index contributed by atoms with van der Waals surface area (Å²) >= 11 is 0. The van der Waals surface area contributed by atoms with Gasteiger partial charge in [0.25, 0.3) is 5.91 Å². The maximum atomic E-state index is 13.1. The number of rotatable bonds is 7. The van der Waals surface area contributed by atoms with E-state index in [2.05, 4.69) is 9.71 Å². The fourth-order valence-corrected chi connectivity index (χ4v) is 6.89. The lowest BCUT2D eigenvalue weighted by atomic mass is 9.53. The van der Waals surface area contributed by atoms with Gasteiger partial charge in [0.1, 0.15) is 17.9 Å². The first-order chi connectivity index (χ1) is 17.5. The highest BCUT2D eigenvalue weighted by Crippen LogP contribution is 2.54. The average Bonchev–Trinajstić information content (AvgIpc) is 2.82. The van der Waals surface area contributed by atoms with Gasteiger partial charge in [-0.2, -0.15) is 4.72 Å². The van der Waals surface area contributed by atoms with E-state index in [0.29, 0.717) is 18.8 Å². The molecule has 194 valence electrons. The molecule has 1 saturated carbocycles. The molecule has 0 unspecified atom stereocenters. The van der Waals surface area contributed by atoms with Gasteiger partial charge in [0.15, 0.2) is 0 Å². The topological polar surface area (TPSA) is 138 Å². The second kappa shape index (κ2) is 9.09. The average molecular weight is 525 g/mol. The van der Waals surface area contributed by atoms with Gasteiger partial charge in [-0.05, 0) is 56.2 Å². The van der Waals surface area contributed by atoms with Gasteiger partial charge in [-0.1, -0.05) is 18.2 Å².